The average molecular weight is 488 g/mol. The van der Waals surface area contributed by atoms with Crippen molar-refractivity contribution in [3.63, 3.8) is 0 Å². The van der Waals surface area contributed by atoms with Crippen LogP contribution in [-0.2, 0) is 26.0 Å². The summed E-state index contributed by atoms with van der Waals surface area (Å²) in [6, 6.07) is 12.9. The molecule has 2 amide bonds. The number of amides is 2. The number of nitrogens with zero attached hydrogens (tertiary/aromatic N) is 1. The number of carbonyl (C=O) groups is 2. The molecule has 0 aromatic heterocycles. The number of nitrogens with one attached hydrogen (secondary N) is 2. The zero-order chi connectivity index (χ0) is 24.3. The van der Waals surface area contributed by atoms with Crippen molar-refractivity contribution in [1.82, 2.24) is 14.9 Å². The van der Waals surface area contributed by atoms with Gasteiger partial charge in [0.2, 0.25) is 15.9 Å². The maximum Gasteiger partial charge on any atom is 0.254 e. The van der Waals surface area contributed by atoms with Crippen molar-refractivity contribution in [3.8, 4) is 0 Å². The first-order chi connectivity index (χ1) is 16.3. The summed E-state index contributed by atoms with van der Waals surface area (Å²) in [5.74, 6) is -1.94. The summed E-state index contributed by atoms with van der Waals surface area (Å²) in [5.41, 5.74) is 0.827. The molecule has 2 aliphatic heterocycles. The minimum absolute atomic E-state index is 0.0793. The van der Waals surface area contributed by atoms with Crippen molar-refractivity contribution in [2.45, 2.75) is 30.1 Å². The standard InChI is InChI=1S/C24H26FN3O5S/c1-2-22(29)27-23-12-17-14-28(15-21(17)33-23)34(31,32)18-8-9-19(20(25)13-18)24(30)26-11-10-16-6-4-3-5-7-16/h2-9,13,17,21,23H,1,10-12,14-15H2,(H,26,30)(H,27,29). The van der Waals surface area contributed by atoms with Gasteiger partial charge in [0.1, 0.15) is 12.0 Å². The third kappa shape index (κ3) is 5.19. The van der Waals surface area contributed by atoms with E-state index in [-0.39, 0.29) is 41.5 Å². The van der Waals surface area contributed by atoms with Crippen LogP contribution in [0.1, 0.15) is 22.3 Å². The minimum atomic E-state index is -3.97. The first kappa shape index (κ1) is 24.1. The van der Waals surface area contributed by atoms with Crippen LogP contribution < -0.4 is 10.6 Å². The highest BCUT2D eigenvalue weighted by atomic mass is 32.2. The van der Waals surface area contributed by atoms with Gasteiger partial charge in [0, 0.05) is 25.6 Å². The van der Waals surface area contributed by atoms with Crippen LogP contribution in [0.3, 0.4) is 0 Å². The molecule has 0 spiro atoms. The number of hydrogen-bond acceptors (Lipinski definition) is 5. The van der Waals surface area contributed by atoms with Crippen LogP contribution in [0.25, 0.3) is 0 Å². The highest BCUT2D eigenvalue weighted by molar-refractivity contribution is 7.89. The van der Waals surface area contributed by atoms with E-state index < -0.39 is 28.0 Å². The van der Waals surface area contributed by atoms with Gasteiger partial charge in [-0.25, -0.2) is 12.8 Å². The van der Waals surface area contributed by atoms with E-state index in [1.165, 1.54) is 16.4 Å². The number of carbonyl (C=O) groups excluding carboxylic acids is 2. The smallest absolute Gasteiger partial charge is 0.254 e. The molecule has 2 saturated heterocycles. The van der Waals surface area contributed by atoms with Crippen LogP contribution in [0.15, 0.2) is 66.1 Å². The molecule has 3 unspecified atom stereocenters. The van der Waals surface area contributed by atoms with Crippen molar-refractivity contribution in [2.75, 3.05) is 19.6 Å². The molecule has 2 aromatic carbocycles. The topological polar surface area (TPSA) is 105 Å². The van der Waals surface area contributed by atoms with Gasteiger partial charge >= 0.3 is 0 Å². The van der Waals surface area contributed by atoms with Crippen molar-refractivity contribution in [1.29, 1.82) is 0 Å². The van der Waals surface area contributed by atoms with Crippen molar-refractivity contribution >= 4 is 21.8 Å². The Balaban J connectivity index is 1.36. The summed E-state index contributed by atoms with van der Waals surface area (Å²) in [5, 5.41) is 5.31. The summed E-state index contributed by atoms with van der Waals surface area (Å²) in [6.45, 7) is 4.03. The normalized spacial score (nSPS) is 22.2. The van der Waals surface area contributed by atoms with Crippen LogP contribution >= 0.6 is 0 Å². The lowest BCUT2D eigenvalue weighted by Crippen LogP contribution is -2.37. The average Bonchev–Trinajstić information content (AvgIpc) is 3.38. The van der Waals surface area contributed by atoms with Gasteiger partial charge in [0.25, 0.3) is 5.91 Å². The third-order valence-corrected chi connectivity index (χ3v) is 7.88. The predicted octanol–water partition coefficient (Wildman–Crippen LogP) is 1.84. The lowest BCUT2D eigenvalue weighted by molar-refractivity contribution is -0.120. The number of fused-ring (bicyclic) bond motifs is 1. The van der Waals surface area contributed by atoms with Gasteiger partial charge in [-0.3, -0.25) is 9.59 Å². The Bertz CT molecular complexity index is 1170. The summed E-state index contributed by atoms with van der Waals surface area (Å²) in [4.78, 5) is 23.6. The maximum atomic E-state index is 14.7. The molecular weight excluding hydrogens is 461 g/mol. The van der Waals surface area contributed by atoms with E-state index in [1.54, 1.807) is 0 Å². The largest absolute Gasteiger partial charge is 0.354 e. The van der Waals surface area contributed by atoms with Crippen molar-refractivity contribution in [2.24, 2.45) is 5.92 Å². The Morgan fingerprint density at radius 1 is 1.18 bits per heavy atom. The second-order valence-corrected chi connectivity index (χ2v) is 10.3. The number of halogens is 1. The van der Waals surface area contributed by atoms with Gasteiger partial charge in [-0.15, -0.1) is 0 Å². The van der Waals surface area contributed by atoms with Gasteiger partial charge in [-0.2, -0.15) is 4.31 Å². The minimum Gasteiger partial charge on any atom is -0.354 e. The Kier molecular flexibility index (Phi) is 7.11. The fourth-order valence-electron chi connectivity index (χ4n) is 4.28. The van der Waals surface area contributed by atoms with E-state index in [2.05, 4.69) is 17.2 Å². The van der Waals surface area contributed by atoms with Crippen LogP contribution in [0.2, 0.25) is 0 Å². The van der Waals surface area contributed by atoms with E-state index in [1.807, 2.05) is 30.3 Å². The number of rotatable bonds is 8. The molecule has 3 atom stereocenters. The van der Waals surface area contributed by atoms with Crippen LogP contribution in [-0.4, -0.2) is 56.5 Å². The van der Waals surface area contributed by atoms with Crippen LogP contribution in [0, 0.1) is 11.7 Å². The molecule has 34 heavy (non-hydrogen) atoms. The quantitative estimate of drug-likeness (QED) is 0.553. The van der Waals surface area contributed by atoms with E-state index in [9.17, 15) is 22.4 Å². The lowest BCUT2D eigenvalue weighted by atomic mass is 10.1. The molecule has 2 aliphatic rings. The van der Waals surface area contributed by atoms with E-state index >= 15 is 0 Å². The highest BCUT2D eigenvalue weighted by Crippen LogP contribution is 2.35. The summed E-state index contributed by atoms with van der Waals surface area (Å²) in [7, 11) is -3.97. The lowest BCUT2D eigenvalue weighted by Gasteiger charge is -2.20. The van der Waals surface area contributed by atoms with Gasteiger partial charge in [0.15, 0.2) is 0 Å². The number of benzene rings is 2. The number of sulfonamides is 1. The summed E-state index contributed by atoms with van der Waals surface area (Å²) >= 11 is 0. The fraction of sp³-hybridized carbons (Fsp3) is 0.333. The zero-order valence-electron chi connectivity index (χ0n) is 18.4. The molecule has 10 heteroatoms. The fourth-order valence-corrected chi connectivity index (χ4v) is 5.80. The van der Waals surface area contributed by atoms with Gasteiger partial charge in [0.05, 0.1) is 16.6 Å². The number of ether oxygens (including phenoxy) is 1. The molecule has 0 radical (unpaired) electrons. The predicted molar refractivity (Wildman–Crippen MR) is 123 cm³/mol. The molecule has 0 aliphatic carbocycles. The Morgan fingerprint density at radius 2 is 1.94 bits per heavy atom. The van der Waals surface area contributed by atoms with Crippen LogP contribution in [0.5, 0.6) is 0 Å². The highest BCUT2D eigenvalue weighted by Gasteiger charge is 2.46. The Hall–Kier alpha value is -3.08. The first-order valence-electron chi connectivity index (χ1n) is 11.0. The van der Waals surface area contributed by atoms with Gasteiger partial charge in [-0.1, -0.05) is 36.9 Å². The van der Waals surface area contributed by atoms with E-state index in [4.69, 9.17) is 4.74 Å². The van der Waals surface area contributed by atoms with Crippen molar-refractivity contribution in [3.05, 3.63) is 78.1 Å². The SMILES string of the molecule is C=CC(=O)NC1CC2CN(S(=O)(=O)c3ccc(C(=O)NCCc4ccccc4)c(F)c3)CC2O1. The molecule has 0 saturated carbocycles. The molecule has 180 valence electrons. The van der Waals surface area contributed by atoms with Gasteiger partial charge < -0.3 is 15.4 Å². The molecule has 4 rings (SSSR count). The summed E-state index contributed by atoms with van der Waals surface area (Å²) < 4.78 is 47.8. The van der Waals surface area contributed by atoms with Crippen LogP contribution in [0.4, 0.5) is 4.39 Å². The molecule has 2 aromatic rings. The molecule has 8 nitrogen and oxygen atoms in total. The Morgan fingerprint density at radius 3 is 2.62 bits per heavy atom. The Labute approximate surface area is 197 Å². The summed E-state index contributed by atoms with van der Waals surface area (Å²) in [6.07, 6.45) is 1.38. The zero-order valence-corrected chi connectivity index (χ0v) is 19.3. The molecular formula is C24H26FN3O5S. The molecule has 2 N–H and O–H groups in total. The van der Waals surface area contributed by atoms with Crippen molar-refractivity contribution < 1.29 is 27.1 Å². The third-order valence-electron chi connectivity index (χ3n) is 6.06. The second-order valence-electron chi connectivity index (χ2n) is 8.33. The maximum absolute atomic E-state index is 14.7. The van der Waals surface area contributed by atoms with E-state index in [0.717, 1.165) is 17.7 Å². The molecule has 2 fully saturated rings. The first-order valence-corrected chi connectivity index (χ1v) is 12.4. The van der Waals surface area contributed by atoms with E-state index in [0.29, 0.717) is 19.4 Å². The number of hydrogen-bond donors (Lipinski definition) is 2. The molecule has 0 bridgehead atoms. The molecule has 2 heterocycles. The second kappa shape index (κ2) is 10.0. The van der Waals surface area contributed by atoms with Gasteiger partial charge in [-0.05, 0) is 42.7 Å². The monoisotopic (exact) mass is 487 g/mol.